The highest BCUT2D eigenvalue weighted by atomic mass is 16.1. The molecule has 0 unspecified atom stereocenters. The van der Waals surface area contributed by atoms with E-state index in [4.69, 9.17) is 0 Å². The number of benzene rings is 2. The van der Waals surface area contributed by atoms with Gasteiger partial charge in [0.1, 0.15) is 0 Å². The summed E-state index contributed by atoms with van der Waals surface area (Å²) in [4.78, 5) is 33.0. The molecule has 0 aliphatic heterocycles. The Morgan fingerprint density at radius 2 is 1.58 bits per heavy atom. The van der Waals surface area contributed by atoms with Crippen molar-refractivity contribution in [2.24, 2.45) is 0 Å². The Morgan fingerprint density at radius 1 is 0.885 bits per heavy atom. The molecule has 0 spiro atoms. The van der Waals surface area contributed by atoms with Crippen LogP contribution >= 0.6 is 0 Å². The van der Waals surface area contributed by atoms with E-state index in [-0.39, 0.29) is 11.3 Å². The third kappa shape index (κ3) is 2.93. The molecular formula is C22H16N2O2. The van der Waals surface area contributed by atoms with Crippen LogP contribution in [0.1, 0.15) is 27.2 Å². The second kappa shape index (κ2) is 6.76. The van der Waals surface area contributed by atoms with Crippen molar-refractivity contribution in [3.8, 4) is 0 Å². The molecule has 0 aliphatic carbocycles. The van der Waals surface area contributed by atoms with Gasteiger partial charge in [0, 0.05) is 23.9 Å². The fourth-order valence-electron chi connectivity index (χ4n) is 3.11. The third-order valence-corrected chi connectivity index (χ3v) is 4.34. The minimum Gasteiger partial charge on any atom is -0.324 e. The van der Waals surface area contributed by atoms with Crippen molar-refractivity contribution in [3.63, 3.8) is 0 Å². The molecular weight excluding hydrogens is 324 g/mol. The van der Waals surface area contributed by atoms with Crippen LogP contribution in [0.4, 0.5) is 0 Å². The topological polar surface area (TPSA) is 62.8 Å². The quantitative estimate of drug-likeness (QED) is 0.576. The number of carbonyl (C=O) groups is 1. The Morgan fingerprint density at radius 3 is 2.31 bits per heavy atom. The summed E-state index contributed by atoms with van der Waals surface area (Å²) in [5, 5.41) is 0.420. The first-order chi connectivity index (χ1) is 12.7. The SMILES string of the molecule is O=C(c1ccccc1)c1c(Cc2ccccc2)[nH]c(=O)c2cccnc12. The summed E-state index contributed by atoms with van der Waals surface area (Å²) in [5.74, 6) is -0.142. The van der Waals surface area contributed by atoms with Crippen molar-refractivity contribution in [2.45, 2.75) is 6.42 Å². The summed E-state index contributed by atoms with van der Waals surface area (Å²) in [6, 6.07) is 22.2. The van der Waals surface area contributed by atoms with Crippen molar-refractivity contribution in [3.05, 3.63) is 112 Å². The lowest BCUT2D eigenvalue weighted by atomic mass is 9.96. The zero-order chi connectivity index (χ0) is 17.9. The van der Waals surface area contributed by atoms with Gasteiger partial charge in [0.05, 0.1) is 16.5 Å². The zero-order valence-electron chi connectivity index (χ0n) is 14.0. The number of H-pyrrole nitrogens is 1. The molecule has 2 aromatic carbocycles. The van der Waals surface area contributed by atoms with Crippen LogP contribution in [0.5, 0.6) is 0 Å². The normalized spacial score (nSPS) is 10.8. The summed E-state index contributed by atoms with van der Waals surface area (Å²) < 4.78 is 0. The van der Waals surface area contributed by atoms with Crippen LogP contribution in [0.15, 0.2) is 83.8 Å². The van der Waals surface area contributed by atoms with Gasteiger partial charge < -0.3 is 4.98 Å². The Kier molecular flexibility index (Phi) is 4.15. The monoisotopic (exact) mass is 340 g/mol. The van der Waals surface area contributed by atoms with E-state index < -0.39 is 0 Å². The Hall–Kier alpha value is -3.53. The molecule has 0 saturated heterocycles. The van der Waals surface area contributed by atoms with Crippen molar-refractivity contribution < 1.29 is 4.79 Å². The molecule has 0 amide bonds. The number of rotatable bonds is 4. The summed E-state index contributed by atoms with van der Waals surface area (Å²) in [7, 11) is 0. The maximum Gasteiger partial charge on any atom is 0.257 e. The van der Waals surface area contributed by atoms with E-state index in [0.717, 1.165) is 5.56 Å². The predicted octanol–water partition coefficient (Wildman–Crippen LogP) is 3.74. The number of aromatic amines is 1. The Bertz CT molecular complexity index is 1130. The maximum absolute atomic E-state index is 13.2. The Labute approximate surface area is 150 Å². The van der Waals surface area contributed by atoms with Crippen LogP contribution in [-0.2, 0) is 6.42 Å². The number of nitrogens with one attached hydrogen (secondary N) is 1. The standard InChI is InChI=1S/C22H16N2O2/c25-21(16-10-5-2-6-11-16)19-18(14-15-8-3-1-4-9-15)24-22(26)17-12-7-13-23-20(17)19/h1-13H,14H2,(H,24,26). The summed E-state index contributed by atoms with van der Waals surface area (Å²) in [6.07, 6.45) is 2.06. The second-order valence-electron chi connectivity index (χ2n) is 6.06. The number of aromatic nitrogens is 2. The lowest BCUT2D eigenvalue weighted by molar-refractivity contribution is 0.103. The molecule has 0 fully saturated rings. The average molecular weight is 340 g/mol. The van der Waals surface area contributed by atoms with Crippen LogP contribution < -0.4 is 5.56 Å². The van der Waals surface area contributed by atoms with Gasteiger partial charge in [-0.25, -0.2) is 0 Å². The number of hydrogen-bond donors (Lipinski definition) is 1. The van der Waals surface area contributed by atoms with Gasteiger partial charge in [-0.15, -0.1) is 0 Å². The fraction of sp³-hybridized carbons (Fsp3) is 0.0455. The first-order valence-electron chi connectivity index (χ1n) is 8.37. The van der Waals surface area contributed by atoms with E-state index in [0.29, 0.717) is 34.1 Å². The largest absolute Gasteiger partial charge is 0.324 e. The van der Waals surface area contributed by atoms with E-state index >= 15 is 0 Å². The minimum absolute atomic E-state index is 0.142. The summed E-state index contributed by atoms with van der Waals surface area (Å²) in [6.45, 7) is 0. The average Bonchev–Trinajstić information content (AvgIpc) is 2.69. The molecule has 0 aliphatic rings. The molecule has 2 aromatic heterocycles. The number of nitrogens with zero attached hydrogens (tertiary/aromatic N) is 1. The zero-order valence-corrected chi connectivity index (χ0v) is 14.0. The Balaban J connectivity index is 1.96. The van der Waals surface area contributed by atoms with Crippen LogP contribution in [0, 0.1) is 0 Å². The van der Waals surface area contributed by atoms with Gasteiger partial charge in [0.15, 0.2) is 5.78 Å². The van der Waals surface area contributed by atoms with Gasteiger partial charge in [-0.3, -0.25) is 14.6 Å². The molecule has 0 saturated carbocycles. The number of pyridine rings is 2. The fourth-order valence-corrected chi connectivity index (χ4v) is 3.11. The molecule has 2 heterocycles. The molecule has 0 radical (unpaired) electrons. The van der Waals surface area contributed by atoms with Crippen molar-refractivity contribution in [1.82, 2.24) is 9.97 Å². The van der Waals surface area contributed by atoms with E-state index in [1.54, 1.807) is 30.5 Å². The molecule has 126 valence electrons. The van der Waals surface area contributed by atoms with Crippen LogP contribution in [0.2, 0.25) is 0 Å². The van der Waals surface area contributed by atoms with Crippen molar-refractivity contribution in [1.29, 1.82) is 0 Å². The maximum atomic E-state index is 13.2. The molecule has 0 atom stereocenters. The number of ketones is 1. The van der Waals surface area contributed by atoms with Gasteiger partial charge >= 0.3 is 0 Å². The highest BCUT2D eigenvalue weighted by Gasteiger charge is 2.20. The van der Waals surface area contributed by atoms with Crippen molar-refractivity contribution >= 4 is 16.7 Å². The highest BCUT2D eigenvalue weighted by Crippen LogP contribution is 2.22. The van der Waals surface area contributed by atoms with Crippen molar-refractivity contribution in [2.75, 3.05) is 0 Å². The minimum atomic E-state index is -0.233. The smallest absolute Gasteiger partial charge is 0.257 e. The molecule has 4 heteroatoms. The van der Waals surface area contributed by atoms with Gasteiger partial charge in [-0.1, -0.05) is 60.7 Å². The summed E-state index contributed by atoms with van der Waals surface area (Å²) in [5.41, 5.74) is 2.83. The van der Waals surface area contributed by atoms with Gasteiger partial charge in [0.25, 0.3) is 5.56 Å². The van der Waals surface area contributed by atoms with Gasteiger partial charge in [-0.2, -0.15) is 0 Å². The first-order valence-corrected chi connectivity index (χ1v) is 8.37. The van der Waals surface area contributed by atoms with Gasteiger partial charge in [-0.05, 0) is 17.7 Å². The van der Waals surface area contributed by atoms with E-state index in [1.165, 1.54) is 0 Å². The van der Waals surface area contributed by atoms with E-state index in [9.17, 15) is 9.59 Å². The van der Waals surface area contributed by atoms with Crippen LogP contribution in [0.3, 0.4) is 0 Å². The number of fused-ring (bicyclic) bond motifs is 1. The number of hydrogen-bond acceptors (Lipinski definition) is 3. The predicted molar refractivity (Wildman–Crippen MR) is 101 cm³/mol. The third-order valence-electron chi connectivity index (χ3n) is 4.34. The molecule has 4 aromatic rings. The molecule has 4 nitrogen and oxygen atoms in total. The van der Waals surface area contributed by atoms with Crippen LogP contribution in [-0.4, -0.2) is 15.8 Å². The lowest BCUT2D eigenvalue weighted by Crippen LogP contribution is -2.17. The summed E-state index contributed by atoms with van der Waals surface area (Å²) >= 11 is 0. The van der Waals surface area contributed by atoms with E-state index in [1.807, 2.05) is 48.5 Å². The molecule has 0 bridgehead atoms. The molecule has 1 N–H and O–H groups in total. The number of carbonyl (C=O) groups excluding carboxylic acids is 1. The second-order valence-corrected chi connectivity index (χ2v) is 6.06. The van der Waals surface area contributed by atoms with E-state index in [2.05, 4.69) is 9.97 Å². The highest BCUT2D eigenvalue weighted by molar-refractivity contribution is 6.16. The van der Waals surface area contributed by atoms with Crippen LogP contribution in [0.25, 0.3) is 10.9 Å². The first kappa shape index (κ1) is 16.0. The van der Waals surface area contributed by atoms with Gasteiger partial charge in [0.2, 0.25) is 0 Å². The molecule has 26 heavy (non-hydrogen) atoms. The molecule has 4 rings (SSSR count). The lowest BCUT2D eigenvalue weighted by Gasteiger charge is -2.12.